The predicted octanol–water partition coefficient (Wildman–Crippen LogP) is 3.71. The molecule has 84 valence electrons. The van der Waals surface area contributed by atoms with Crippen molar-refractivity contribution in [1.82, 2.24) is 4.98 Å². The Morgan fingerprint density at radius 1 is 1.29 bits per heavy atom. The van der Waals surface area contributed by atoms with E-state index in [0.717, 1.165) is 5.56 Å². The van der Waals surface area contributed by atoms with Crippen molar-refractivity contribution in [2.45, 2.75) is 6.92 Å². The third kappa shape index (κ3) is 2.74. The van der Waals surface area contributed by atoms with E-state index >= 15 is 0 Å². The van der Waals surface area contributed by atoms with Gasteiger partial charge < -0.3 is 4.74 Å². The van der Waals surface area contributed by atoms with Crippen molar-refractivity contribution in [3.8, 4) is 17.7 Å². The lowest BCUT2D eigenvalue weighted by Gasteiger charge is -2.06. The summed E-state index contributed by atoms with van der Waals surface area (Å²) in [6.07, 6.45) is 1.47. The van der Waals surface area contributed by atoms with E-state index in [1.165, 1.54) is 6.20 Å². The van der Waals surface area contributed by atoms with Crippen LogP contribution in [0.5, 0.6) is 11.6 Å². The fourth-order valence-corrected chi connectivity index (χ4v) is 1.43. The molecule has 4 heteroatoms. The van der Waals surface area contributed by atoms with Crippen LogP contribution in [0, 0.1) is 18.3 Å². The van der Waals surface area contributed by atoms with E-state index in [2.05, 4.69) is 4.98 Å². The van der Waals surface area contributed by atoms with Crippen LogP contribution in [-0.4, -0.2) is 4.98 Å². The molecule has 2 aromatic rings. The fraction of sp³-hybridized carbons (Fsp3) is 0.0769. The van der Waals surface area contributed by atoms with E-state index in [1.54, 1.807) is 24.3 Å². The summed E-state index contributed by atoms with van der Waals surface area (Å²) in [5.41, 5.74) is 1.45. The monoisotopic (exact) mass is 244 g/mol. The number of hydrogen-bond donors (Lipinski definition) is 0. The molecule has 1 heterocycles. The van der Waals surface area contributed by atoms with Gasteiger partial charge in [0.25, 0.3) is 0 Å². The Hall–Kier alpha value is -2.05. The van der Waals surface area contributed by atoms with Gasteiger partial charge in [0.2, 0.25) is 5.88 Å². The van der Waals surface area contributed by atoms with Gasteiger partial charge in [-0.05, 0) is 36.8 Å². The largest absolute Gasteiger partial charge is 0.439 e. The molecule has 17 heavy (non-hydrogen) atoms. The van der Waals surface area contributed by atoms with Crippen molar-refractivity contribution in [1.29, 1.82) is 5.26 Å². The van der Waals surface area contributed by atoms with Crippen molar-refractivity contribution < 1.29 is 4.74 Å². The third-order valence-corrected chi connectivity index (χ3v) is 2.64. The zero-order chi connectivity index (χ0) is 12.3. The molecule has 0 aliphatic heterocycles. The topological polar surface area (TPSA) is 45.9 Å². The Balaban J connectivity index is 2.20. The van der Waals surface area contributed by atoms with E-state index in [0.29, 0.717) is 22.2 Å². The number of halogens is 1. The quantitative estimate of drug-likeness (QED) is 0.809. The van der Waals surface area contributed by atoms with E-state index in [-0.39, 0.29) is 0 Å². The molecule has 0 saturated heterocycles. The Morgan fingerprint density at radius 3 is 2.71 bits per heavy atom. The van der Waals surface area contributed by atoms with Gasteiger partial charge in [0.15, 0.2) is 0 Å². The zero-order valence-corrected chi connectivity index (χ0v) is 9.90. The van der Waals surface area contributed by atoms with E-state index in [4.69, 9.17) is 21.6 Å². The Bertz CT molecular complexity index is 573. The zero-order valence-electron chi connectivity index (χ0n) is 9.14. The number of rotatable bonds is 2. The first-order chi connectivity index (χ1) is 8.19. The van der Waals surface area contributed by atoms with E-state index in [1.807, 2.05) is 19.1 Å². The van der Waals surface area contributed by atoms with Gasteiger partial charge in [0, 0.05) is 17.3 Å². The van der Waals surface area contributed by atoms with Crippen LogP contribution in [0.25, 0.3) is 0 Å². The standard InChI is InChI=1S/C13H9ClN2O/c1-9-6-11(3-4-12(9)14)17-13-5-2-10(7-15)8-16-13/h2-6,8H,1H3. The normalized spacial score (nSPS) is 9.71. The summed E-state index contributed by atoms with van der Waals surface area (Å²) in [5, 5.41) is 9.34. The van der Waals surface area contributed by atoms with Crippen LogP contribution in [0.1, 0.15) is 11.1 Å². The van der Waals surface area contributed by atoms with Crippen molar-refractivity contribution in [3.05, 3.63) is 52.7 Å². The average molecular weight is 245 g/mol. The summed E-state index contributed by atoms with van der Waals surface area (Å²) in [5.74, 6) is 1.12. The van der Waals surface area contributed by atoms with Gasteiger partial charge >= 0.3 is 0 Å². The molecule has 0 bridgehead atoms. The molecular formula is C13H9ClN2O. The van der Waals surface area contributed by atoms with E-state index in [9.17, 15) is 0 Å². The van der Waals surface area contributed by atoms with Crippen molar-refractivity contribution in [2.75, 3.05) is 0 Å². The maximum Gasteiger partial charge on any atom is 0.219 e. The minimum absolute atomic E-state index is 0.450. The summed E-state index contributed by atoms with van der Waals surface area (Å²) in [7, 11) is 0. The lowest BCUT2D eigenvalue weighted by Crippen LogP contribution is -1.89. The second kappa shape index (κ2) is 4.86. The third-order valence-electron chi connectivity index (χ3n) is 2.22. The Morgan fingerprint density at radius 2 is 2.12 bits per heavy atom. The average Bonchev–Trinajstić information content (AvgIpc) is 2.35. The molecule has 0 saturated carbocycles. The van der Waals surface area contributed by atoms with Crippen LogP contribution in [0.15, 0.2) is 36.5 Å². The first kappa shape index (κ1) is 11.4. The predicted molar refractivity (Wildman–Crippen MR) is 65.2 cm³/mol. The molecule has 0 amide bonds. The van der Waals surface area contributed by atoms with Crippen LogP contribution in [0.4, 0.5) is 0 Å². The number of aromatic nitrogens is 1. The minimum Gasteiger partial charge on any atom is -0.439 e. The molecule has 0 radical (unpaired) electrons. The second-order valence-electron chi connectivity index (χ2n) is 3.51. The van der Waals surface area contributed by atoms with Crippen LogP contribution >= 0.6 is 11.6 Å². The van der Waals surface area contributed by atoms with Gasteiger partial charge in [-0.3, -0.25) is 0 Å². The lowest BCUT2D eigenvalue weighted by molar-refractivity contribution is 0.462. The number of nitrogens with zero attached hydrogens (tertiary/aromatic N) is 2. The van der Waals surface area contributed by atoms with Crippen LogP contribution < -0.4 is 4.74 Å². The summed E-state index contributed by atoms with van der Waals surface area (Å²) >= 11 is 5.92. The molecule has 2 rings (SSSR count). The van der Waals surface area contributed by atoms with Crippen LogP contribution in [0.3, 0.4) is 0 Å². The van der Waals surface area contributed by atoms with E-state index < -0.39 is 0 Å². The van der Waals surface area contributed by atoms with Gasteiger partial charge in [-0.1, -0.05) is 11.6 Å². The first-order valence-electron chi connectivity index (χ1n) is 4.99. The second-order valence-corrected chi connectivity index (χ2v) is 3.92. The first-order valence-corrected chi connectivity index (χ1v) is 5.37. The highest BCUT2D eigenvalue weighted by Crippen LogP contribution is 2.24. The molecule has 1 aromatic carbocycles. The van der Waals surface area contributed by atoms with Gasteiger partial charge in [-0.25, -0.2) is 4.98 Å². The summed E-state index contributed by atoms with van der Waals surface area (Å²) in [6.45, 7) is 1.90. The van der Waals surface area contributed by atoms with Crippen molar-refractivity contribution in [3.63, 3.8) is 0 Å². The molecule has 0 spiro atoms. The number of nitriles is 1. The molecule has 1 aromatic heterocycles. The van der Waals surface area contributed by atoms with Crippen molar-refractivity contribution in [2.24, 2.45) is 0 Å². The Labute approximate surface area is 104 Å². The molecule has 0 aliphatic carbocycles. The lowest BCUT2D eigenvalue weighted by atomic mass is 10.2. The van der Waals surface area contributed by atoms with Gasteiger partial charge in [-0.15, -0.1) is 0 Å². The smallest absolute Gasteiger partial charge is 0.219 e. The number of pyridine rings is 1. The summed E-state index contributed by atoms with van der Waals surface area (Å²) < 4.78 is 5.53. The highest BCUT2D eigenvalue weighted by molar-refractivity contribution is 6.31. The van der Waals surface area contributed by atoms with Crippen molar-refractivity contribution >= 4 is 11.6 Å². The number of aryl methyl sites for hydroxylation is 1. The van der Waals surface area contributed by atoms with Gasteiger partial charge in [-0.2, -0.15) is 5.26 Å². The Kier molecular flexibility index (Phi) is 3.27. The minimum atomic E-state index is 0.450. The van der Waals surface area contributed by atoms with Gasteiger partial charge in [0.1, 0.15) is 11.8 Å². The molecule has 0 unspecified atom stereocenters. The summed E-state index contributed by atoms with van der Waals surface area (Å²) in [4.78, 5) is 4.02. The number of ether oxygens (including phenoxy) is 1. The highest BCUT2D eigenvalue weighted by atomic mass is 35.5. The molecule has 0 atom stereocenters. The van der Waals surface area contributed by atoms with Gasteiger partial charge in [0.05, 0.1) is 5.56 Å². The number of benzene rings is 1. The molecule has 0 fully saturated rings. The summed E-state index contributed by atoms with van der Waals surface area (Å²) in [6, 6.07) is 10.7. The maximum atomic E-state index is 8.64. The molecule has 0 aliphatic rings. The maximum absolute atomic E-state index is 8.64. The van der Waals surface area contributed by atoms with Crippen LogP contribution in [-0.2, 0) is 0 Å². The number of hydrogen-bond acceptors (Lipinski definition) is 3. The highest BCUT2D eigenvalue weighted by Gasteiger charge is 2.01. The molecule has 0 N–H and O–H groups in total. The molecule has 3 nitrogen and oxygen atoms in total. The van der Waals surface area contributed by atoms with Crippen LogP contribution in [0.2, 0.25) is 5.02 Å². The fourth-order valence-electron chi connectivity index (χ4n) is 1.31. The SMILES string of the molecule is Cc1cc(Oc2ccc(C#N)cn2)ccc1Cl. The molecular weight excluding hydrogens is 236 g/mol.